The summed E-state index contributed by atoms with van der Waals surface area (Å²) in [4.78, 5) is 0.988. The summed E-state index contributed by atoms with van der Waals surface area (Å²) in [6.07, 6.45) is 1.59. The molecule has 0 bridgehead atoms. The number of benzene rings is 1. The minimum absolute atomic E-state index is 0.512. The fourth-order valence-corrected chi connectivity index (χ4v) is 2.90. The van der Waals surface area contributed by atoms with Gasteiger partial charge in [-0.1, -0.05) is 12.1 Å². The highest BCUT2D eigenvalue weighted by molar-refractivity contribution is 7.10. The third-order valence-electron chi connectivity index (χ3n) is 3.06. The van der Waals surface area contributed by atoms with Crippen molar-refractivity contribution in [3.63, 3.8) is 0 Å². The molecule has 1 aliphatic heterocycles. The zero-order valence-electron chi connectivity index (χ0n) is 9.43. The maximum absolute atomic E-state index is 10.3. The lowest BCUT2D eigenvalue weighted by atomic mass is 10.00. The van der Waals surface area contributed by atoms with Gasteiger partial charge in [-0.2, -0.15) is 0 Å². The van der Waals surface area contributed by atoms with E-state index in [1.165, 1.54) is 5.56 Å². The number of aliphatic hydroxyl groups excluding tert-OH is 1. The van der Waals surface area contributed by atoms with E-state index < -0.39 is 6.10 Å². The molecule has 0 aliphatic carbocycles. The second kappa shape index (κ2) is 4.51. The Kier molecular flexibility index (Phi) is 2.87. The molecule has 17 heavy (non-hydrogen) atoms. The maximum atomic E-state index is 10.3. The summed E-state index contributed by atoms with van der Waals surface area (Å²) in [7, 11) is 0. The molecule has 0 saturated heterocycles. The predicted octanol–water partition coefficient (Wildman–Crippen LogP) is 3.15. The van der Waals surface area contributed by atoms with E-state index in [1.807, 2.05) is 29.6 Å². The fourth-order valence-electron chi connectivity index (χ4n) is 2.16. The molecule has 1 unspecified atom stereocenters. The SMILES string of the molecule is OC(c1ccc2c(c1)CCCO2)c1cccs1. The Morgan fingerprint density at radius 1 is 1.29 bits per heavy atom. The van der Waals surface area contributed by atoms with E-state index in [9.17, 15) is 5.11 Å². The number of aliphatic hydroxyl groups is 1. The first-order valence-electron chi connectivity index (χ1n) is 5.82. The molecule has 0 saturated carbocycles. The lowest BCUT2D eigenvalue weighted by molar-refractivity contribution is 0.223. The van der Waals surface area contributed by atoms with Crippen LogP contribution < -0.4 is 4.74 Å². The highest BCUT2D eigenvalue weighted by Crippen LogP contribution is 2.31. The van der Waals surface area contributed by atoms with Crippen molar-refractivity contribution in [1.82, 2.24) is 0 Å². The van der Waals surface area contributed by atoms with E-state index in [1.54, 1.807) is 11.3 Å². The van der Waals surface area contributed by atoms with Gasteiger partial charge in [0.15, 0.2) is 0 Å². The Hall–Kier alpha value is -1.32. The Morgan fingerprint density at radius 2 is 2.24 bits per heavy atom. The Morgan fingerprint density at radius 3 is 3.06 bits per heavy atom. The minimum Gasteiger partial charge on any atom is -0.493 e. The molecule has 0 amide bonds. The van der Waals surface area contributed by atoms with Crippen LogP contribution in [0, 0.1) is 0 Å². The summed E-state index contributed by atoms with van der Waals surface area (Å²) < 4.78 is 5.57. The number of ether oxygens (including phenoxy) is 1. The van der Waals surface area contributed by atoms with Crippen molar-refractivity contribution in [3.8, 4) is 5.75 Å². The molecule has 1 N–H and O–H groups in total. The number of hydrogen-bond donors (Lipinski definition) is 1. The van der Waals surface area contributed by atoms with Crippen LogP contribution in [0.3, 0.4) is 0 Å². The van der Waals surface area contributed by atoms with E-state index >= 15 is 0 Å². The highest BCUT2D eigenvalue weighted by Gasteiger charge is 2.15. The molecule has 2 nitrogen and oxygen atoms in total. The molecular weight excluding hydrogens is 232 g/mol. The third kappa shape index (κ3) is 2.08. The lowest BCUT2D eigenvalue weighted by Gasteiger charge is -2.19. The van der Waals surface area contributed by atoms with Crippen molar-refractivity contribution < 1.29 is 9.84 Å². The van der Waals surface area contributed by atoms with Gasteiger partial charge in [0.2, 0.25) is 0 Å². The predicted molar refractivity (Wildman–Crippen MR) is 68.6 cm³/mol. The number of aryl methyl sites for hydroxylation is 1. The number of hydrogen-bond acceptors (Lipinski definition) is 3. The maximum Gasteiger partial charge on any atom is 0.122 e. The summed E-state index contributed by atoms with van der Waals surface area (Å²) in [5.41, 5.74) is 2.17. The van der Waals surface area contributed by atoms with Crippen LogP contribution in [0.15, 0.2) is 35.7 Å². The molecule has 1 aromatic heterocycles. The molecule has 0 radical (unpaired) electrons. The van der Waals surface area contributed by atoms with Crippen molar-refractivity contribution in [2.24, 2.45) is 0 Å². The molecule has 2 heterocycles. The number of fused-ring (bicyclic) bond motifs is 1. The number of rotatable bonds is 2. The van der Waals surface area contributed by atoms with E-state index in [0.29, 0.717) is 0 Å². The van der Waals surface area contributed by atoms with Crippen LogP contribution in [-0.2, 0) is 6.42 Å². The molecule has 0 fully saturated rings. The first kappa shape index (κ1) is 10.8. The molecule has 3 rings (SSSR count). The van der Waals surface area contributed by atoms with Gasteiger partial charge in [-0.15, -0.1) is 11.3 Å². The van der Waals surface area contributed by atoms with Crippen LogP contribution in [0.4, 0.5) is 0 Å². The Bertz CT molecular complexity index is 505. The highest BCUT2D eigenvalue weighted by atomic mass is 32.1. The molecule has 1 atom stereocenters. The van der Waals surface area contributed by atoms with E-state index in [-0.39, 0.29) is 0 Å². The van der Waals surface area contributed by atoms with Crippen molar-refractivity contribution in [2.45, 2.75) is 18.9 Å². The summed E-state index contributed by atoms with van der Waals surface area (Å²) in [5.74, 6) is 0.971. The monoisotopic (exact) mass is 246 g/mol. The van der Waals surface area contributed by atoms with E-state index in [4.69, 9.17) is 4.74 Å². The zero-order chi connectivity index (χ0) is 11.7. The molecular formula is C14H14O2S. The standard InChI is InChI=1S/C14H14O2S/c15-14(13-4-2-8-17-13)11-5-6-12-10(9-11)3-1-7-16-12/h2,4-6,8-9,14-15H,1,3,7H2. The van der Waals surface area contributed by atoms with E-state index in [2.05, 4.69) is 6.07 Å². The van der Waals surface area contributed by atoms with Gasteiger partial charge in [0.25, 0.3) is 0 Å². The summed E-state index contributed by atoms with van der Waals surface area (Å²) >= 11 is 1.58. The smallest absolute Gasteiger partial charge is 0.122 e. The van der Waals surface area contributed by atoms with Gasteiger partial charge in [-0.25, -0.2) is 0 Å². The van der Waals surface area contributed by atoms with Crippen LogP contribution >= 0.6 is 11.3 Å². The first-order chi connectivity index (χ1) is 8.34. The second-order valence-electron chi connectivity index (χ2n) is 4.24. The summed E-state index contributed by atoms with van der Waals surface area (Å²) in [6.45, 7) is 0.805. The van der Waals surface area contributed by atoms with Crippen molar-refractivity contribution in [3.05, 3.63) is 51.7 Å². The van der Waals surface area contributed by atoms with Crippen molar-refractivity contribution >= 4 is 11.3 Å². The van der Waals surface area contributed by atoms with Gasteiger partial charge in [0.1, 0.15) is 11.9 Å². The average Bonchev–Trinajstić information content (AvgIpc) is 2.91. The average molecular weight is 246 g/mol. The van der Waals surface area contributed by atoms with E-state index in [0.717, 1.165) is 35.6 Å². The van der Waals surface area contributed by atoms with Gasteiger partial charge in [0.05, 0.1) is 6.61 Å². The van der Waals surface area contributed by atoms with Crippen LogP contribution in [0.2, 0.25) is 0 Å². The zero-order valence-corrected chi connectivity index (χ0v) is 10.2. The molecule has 1 aliphatic rings. The lowest BCUT2D eigenvalue weighted by Crippen LogP contribution is -2.09. The molecule has 1 aromatic carbocycles. The fraction of sp³-hybridized carbons (Fsp3) is 0.286. The summed E-state index contributed by atoms with van der Waals surface area (Å²) in [5, 5.41) is 12.2. The van der Waals surface area contributed by atoms with Gasteiger partial charge in [0, 0.05) is 4.88 Å². The summed E-state index contributed by atoms with van der Waals surface area (Å²) in [6, 6.07) is 9.92. The van der Waals surface area contributed by atoms with Crippen LogP contribution in [0.25, 0.3) is 0 Å². The van der Waals surface area contributed by atoms with Crippen molar-refractivity contribution in [2.75, 3.05) is 6.61 Å². The minimum atomic E-state index is -0.512. The second-order valence-corrected chi connectivity index (χ2v) is 5.22. The van der Waals surface area contributed by atoms with Gasteiger partial charge < -0.3 is 9.84 Å². The van der Waals surface area contributed by atoms with Crippen LogP contribution in [0.1, 0.15) is 28.5 Å². The largest absolute Gasteiger partial charge is 0.493 e. The number of thiophene rings is 1. The van der Waals surface area contributed by atoms with Crippen LogP contribution in [0.5, 0.6) is 5.75 Å². The molecule has 3 heteroatoms. The first-order valence-corrected chi connectivity index (χ1v) is 6.69. The third-order valence-corrected chi connectivity index (χ3v) is 3.99. The van der Waals surface area contributed by atoms with Crippen LogP contribution in [-0.4, -0.2) is 11.7 Å². The Labute approximate surface area is 104 Å². The van der Waals surface area contributed by atoms with Gasteiger partial charge in [-0.3, -0.25) is 0 Å². The molecule has 88 valence electrons. The normalized spacial score (nSPS) is 16.1. The quantitative estimate of drug-likeness (QED) is 0.882. The molecule has 2 aromatic rings. The van der Waals surface area contributed by atoms with Gasteiger partial charge >= 0.3 is 0 Å². The van der Waals surface area contributed by atoms with Gasteiger partial charge in [-0.05, 0) is 47.5 Å². The topological polar surface area (TPSA) is 29.5 Å². The molecule has 0 spiro atoms. The van der Waals surface area contributed by atoms with Crippen molar-refractivity contribution in [1.29, 1.82) is 0 Å². The Balaban J connectivity index is 1.93.